The summed E-state index contributed by atoms with van der Waals surface area (Å²) in [5.74, 6) is 0.874. The van der Waals surface area contributed by atoms with E-state index in [9.17, 15) is 0 Å². The fraction of sp³-hybridized carbons (Fsp3) is 0.391. The standard InChI is InChI=1S/C23H28N2/c1-18-11-13-21(14-12-18)25-17-20(22-9-5-6-10-23(22)25)16-24-15-19-7-3-2-4-8-19/h5-6,9-14,17,19,24H,2-4,7-8,15-16H2,1H3. The number of aromatic nitrogens is 1. The highest BCUT2D eigenvalue weighted by Crippen LogP contribution is 2.26. The van der Waals surface area contributed by atoms with Gasteiger partial charge in [0.1, 0.15) is 0 Å². The second-order valence-corrected chi connectivity index (χ2v) is 7.51. The molecule has 0 spiro atoms. The lowest BCUT2D eigenvalue weighted by atomic mass is 9.89. The van der Waals surface area contributed by atoms with Crippen LogP contribution in [0, 0.1) is 12.8 Å². The van der Waals surface area contributed by atoms with Crippen molar-refractivity contribution in [3.8, 4) is 5.69 Å². The molecule has 1 saturated carbocycles. The maximum atomic E-state index is 3.72. The molecule has 1 aromatic heterocycles. The van der Waals surface area contributed by atoms with Gasteiger partial charge in [-0.3, -0.25) is 0 Å². The van der Waals surface area contributed by atoms with Gasteiger partial charge in [-0.2, -0.15) is 0 Å². The highest BCUT2D eigenvalue weighted by Gasteiger charge is 2.14. The molecular weight excluding hydrogens is 304 g/mol. The molecule has 1 heterocycles. The predicted octanol–water partition coefficient (Wildman–Crippen LogP) is 5.61. The lowest BCUT2D eigenvalue weighted by molar-refractivity contribution is 0.342. The maximum Gasteiger partial charge on any atom is 0.0531 e. The largest absolute Gasteiger partial charge is 0.316 e. The third kappa shape index (κ3) is 3.64. The van der Waals surface area contributed by atoms with Gasteiger partial charge in [-0.15, -0.1) is 0 Å². The first-order valence-electron chi connectivity index (χ1n) is 9.68. The first-order chi connectivity index (χ1) is 12.3. The van der Waals surface area contributed by atoms with E-state index in [0.717, 1.165) is 19.0 Å². The molecule has 0 bridgehead atoms. The first-order valence-corrected chi connectivity index (χ1v) is 9.68. The van der Waals surface area contributed by atoms with Crippen LogP contribution in [0.3, 0.4) is 0 Å². The summed E-state index contributed by atoms with van der Waals surface area (Å²) in [6.45, 7) is 4.25. The summed E-state index contributed by atoms with van der Waals surface area (Å²) in [6, 6.07) is 17.5. The molecule has 0 unspecified atom stereocenters. The Morgan fingerprint density at radius 2 is 1.72 bits per heavy atom. The van der Waals surface area contributed by atoms with Crippen LogP contribution in [-0.2, 0) is 6.54 Å². The van der Waals surface area contributed by atoms with E-state index >= 15 is 0 Å². The zero-order chi connectivity index (χ0) is 17.1. The highest BCUT2D eigenvalue weighted by atomic mass is 15.0. The molecule has 0 aliphatic heterocycles. The fourth-order valence-corrected chi connectivity index (χ4v) is 4.11. The molecular formula is C23H28N2. The number of fused-ring (bicyclic) bond motifs is 1. The summed E-state index contributed by atoms with van der Waals surface area (Å²) in [7, 11) is 0. The molecule has 2 nitrogen and oxygen atoms in total. The number of para-hydroxylation sites is 1. The summed E-state index contributed by atoms with van der Waals surface area (Å²) in [5, 5.41) is 5.08. The molecule has 0 amide bonds. The molecule has 1 fully saturated rings. The van der Waals surface area contributed by atoms with E-state index < -0.39 is 0 Å². The van der Waals surface area contributed by atoms with Crippen molar-refractivity contribution in [3.63, 3.8) is 0 Å². The van der Waals surface area contributed by atoms with Gasteiger partial charge in [-0.1, -0.05) is 55.2 Å². The molecule has 0 atom stereocenters. The van der Waals surface area contributed by atoms with Gasteiger partial charge < -0.3 is 9.88 Å². The number of nitrogens with one attached hydrogen (secondary N) is 1. The minimum absolute atomic E-state index is 0.874. The summed E-state index contributed by atoms with van der Waals surface area (Å²) in [5.41, 5.74) is 5.22. The summed E-state index contributed by atoms with van der Waals surface area (Å²) in [4.78, 5) is 0. The lowest BCUT2D eigenvalue weighted by Gasteiger charge is -2.21. The first kappa shape index (κ1) is 16.4. The highest BCUT2D eigenvalue weighted by molar-refractivity contribution is 5.85. The van der Waals surface area contributed by atoms with Crippen molar-refractivity contribution in [2.24, 2.45) is 5.92 Å². The van der Waals surface area contributed by atoms with Crippen molar-refractivity contribution in [1.29, 1.82) is 0 Å². The van der Waals surface area contributed by atoms with Crippen molar-refractivity contribution in [3.05, 3.63) is 65.9 Å². The van der Waals surface area contributed by atoms with E-state index in [1.807, 2.05) is 0 Å². The smallest absolute Gasteiger partial charge is 0.0531 e. The van der Waals surface area contributed by atoms with Gasteiger partial charge in [0.2, 0.25) is 0 Å². The van der Waals surface area contributed by atoms with E-state index in [-0.39, 0.29) is 0 Å². The van der Waals surface area contributed by atoms with Gasteiger partial charge in [0.25, 0.3) is 0 Å². The van der Waals surface area contributed by atoms with Crippen molar-refractivity contribution >= 4 is 10.9 Å². The molecule has 0 radical (unpaired) electrons. The van der Waals surface area contributed by atoms with Gasteiger partial charge in [0.05, 0.1) is 5.52 Å². The molecule has 0 saturated heterocycles. The minimum atomic E-state index is 0.874. The number of hydrogen-bond acceptors (Lipinski definition) is 1. The Bertz CT molecular complexity index is 823. The topological polar surface area (TPSA) is 17.0 Å². The Morgan fingerprint density at radius 1 is 0.960 bits per heavy atom. The Morgan fingerprint density at radius 3 is 2.52 bits per heavy atom. The quantitative estimate of drug-likeness (QED) is 0.642. The van der Waals surface area contributed by atoms with Crippen LogP contribution < -0.4 is 5.32 Å². The molecule has 2 aromatic carbocycles. The maximum absolute atomic E-state index is 3.72. The van der Waals surface area contributed by atoms with E-state index in [2.05, 4.69) is 71.5 Å². The molecule has 1 aliphatic carbocycles. The van der Waals surface area contributed by atoms with Crippen LogP contribution in [0.15, 0.2) is 54.7 Å². The molecule has 4 rings (SSSR count). The number of benzene rings is 2. The van der Waals surface area contributed by atoms with E-state index in [1.165, 1.54) is 59.8 Å². The van der Waals surface area contributed by atoms with Crippen molar-refractivity contribution in [2.45, 2.75) is 45.6 Å². The normalized spacial score (nSPS) is 15.7. The Hall–Kier alpha value is -2.06. The summed E-state index contributed by atoms with van der Waals surface area (Å²) < 4.78 is 2.33. The van der Waals surface area contributed by atoms with Crippen LogP contribution >= 0.6 is 0 Å². The van der Waals surface area contributed by atoms with Crippen LogP contribution in [0.5, 0.6) is 0 Å². The van der Waals surface area contributed by atoms with Gasteiger partial charge in [0.15, 0.2) is 0 Å². The van der Waals surface area contributed by atoms with Crippen LogP contribution in [0.2, 0.25) is 0 Å². The molecule has 1 aliphatic rings. The monoisotopic (exact) mass is 332 g/mol. The minimum Gasteiger partial charge on any atom is -0.316 e. The number of hydrogen-bond donors (Lipinski definition) is 1. The lowest BCUT2D eigenvalue weighted by Crippen LogP contribution is -2.24. The summed E-state index contributed by atoms with van der Waals surface area (Å²) in [6.07, 6.45) is 9.37. The van der Waals surface area contributed by atoms with Gasteiger partial charge in [-0.05, 0) is 56.0 Å². The van der Waals surface area contributed by atoms with Crippen molar-refractivity contribution in [1.82, 2.24) is 9.88 Å². The fourth-order valence-electron chi connectivity index (χ4n) is 4.11. The van der Waals surface area contributed by atoms with E-state index in [1.54, 1.807) is 0 Å². The molecule has 2 heteroatoms. The second-order valence-electron chi connectivity index (χ2n) is 7.51. The SMILES string of the molecule is Cc1ccc(-n2cc(CNCC3CCCCC3)c3ccccc32)cc1. The number of rotatable bonds is 5. The zero-order valence-corrected chi connectivity index (χ0v) is 15.2. The number of aryl methyl sites for hydroxylation is 1. The van der Waals surface area contributed by atoms with E-state index in [0.29, 0.717) is 0 Å². The average molecular weight is 332 g/mol. The summed E-state index contributed by atoms with van der Waals surface area (Å²) >= 11 is 0. The van der Waals surface area contributed by atoms with Crippen LogP contribution in [0.25, 0.3) is 16.6 Å². The molecule has 3 aromatic rings. The molecule has 25 heavy (non-hydrogen) atoms. The van der Waals surface area contributed by atoms with Crippen LogP contribution in [0.4, 0.5) is 0 Å². The van der Waals surface area contributed by atoms with Gasteiger partial charge >= 0.3 is 0 Å². The van der Waals surface area contributed by atoms with Crippen LogP contribution in [-0.4, -0.2) is 11.1 Å². The van der Waals surface area contributed by atoms with Crippen molar-refractivity contribution in [2.75, 3.05) is 6.54 Å². The molecule has 130 valence electrons. The van der Waals surface area contributed by atoms with E-state index in [4.69, 9.17) is 0 Å². The Balaban J connectivity index is 1.55. The second kappa shape index (κ2) is 7.45. The zero-order valence-electron chi connectivity index (χ0n) is 15.2. The Labute approximate surface area is 150 Å². The van der Waals surface area contributed by atoms with Crippen LogP contribution in [0.1, 0.15) is 43.2 Å². The Kier molecular flexibility index (Phi) is 4.89. The van der Waals surface area contributed by atoms with Crippen molar-refractivity contribution < 1.29 is 0 Å². The average Bonchev–Trinajstić information content (AvgIpc) is 3.02. The third-order valence-electron chi connectivity index (χ3n) is 5.58. The molecule has 1 N–H and O–H groups in total. The van der Waals surface area contributed by atoms with Gasteiger partial charge in [0, 0.05) is 23.8 Å². The van der Waals surface area contributed by atoms with Gasteiger partial charge in [-0.25, -0.2) is 0 Å². The predicted molar refractivity (Wildman–Crippen MR) is 106 cm³/mol. The number of nitrogens with zero attached hydrogens (tertiary/aromatic N) is 1. The third-order valence-corrected chi connectivity index (χ3v) is 5.58.